The minimum absolute atomic E-state index is 0.0103. The third-order valence-corrected chi connectivity index (χ3v) is 6.12. The highest BCUT2D eigenvalue weighted by Gasteiger charge is 2.41. The maximum atomic E-state index is 12.4. The lowest BCUT2D eigenvalue weighted by Gasteiger charge is -2.31. The molecule has 0 aromatic heterocycles. The van der Waals surface area contributed by atoms with Crippen LogP contribution in [-0.4, -0.2) is 35.5 Å². The van der Waals surface area contributed by atoms with Crippen LogP contribution in [0.3, 0.4) is 0 Å². The van der Waals surface area contributed by atoms with E-state index < -0.39 is 11.4 Å². The first-order valence-electron chi connectivity index (χ1n) is 8.39. The molecule has 2 aliphatic carbocycles. The first-order chi connectivity index (χ1) is 9.91. The van der Waals surface area contributed by atoms with E-state index in [9.17, 15) is 14.7 Å². The molecule has 3 unspecified atom stereocenters. The SMILES string of the molecule is CCC(CC)(CC(=O)N(C)CC1CC2CCC1C2)C(=O)O. The Morgan fingerprint density at radius 1 is 1.19 bits per heavy atom. The first kappa shape index (κ1) is 16.3. The van der Waals surface area contributed by atoms with Gasteiger partial charge in [-0.25, -0.2) is 0 Å². The first-order valence-corrected chi connectivity index (χ1v) is 8.39. The maximum Gasteiger partial charge on any atom is 0.310 e. The van der Waals surface area contributed by atoms with Crippen molar-refractivity contribution in [2.45, 2.75) is 58.8 Å². The molecule has 0 radical (unpaired) electrons. The van der Waals surface area contributed by atoms with Gasteiger partial charge in [-0.3, -0.25) is 9.59 Å². The summed E-state index contributed by atoms with van der Waals surface area (Å²) in [5.74, 6) is 1.47. The van der Waals surface area contributed by atoms with Gasteiger partial charge in [0.05, 0.1) is 5.41 Å². The Balaban J connectivity index is 1.91. The van der Waals surface area contributed by atoms with Crippen molar-refractivity contribution in [3.8, 4) is 0 Å². The second kappa shape index (κ2) is 6.37. The molecule has 3 atom stereocenters. The number of rotatable bonds is 7. The van der Waals surface area contributed by atoms with Gasteiger partial charge >= 0.3 is 5.97 Å². The molecule has 0 aromatic rings. The molecule has 4 heteroatoms. The zero-order valence-electron chi connectivity index (χ0n) is 13.6. The number of carboxylic acid groups (broad SMARTS) is 1. The van der Waals surface area contributed by atoms with Gasteiger partial charge in [0, 0.05) is 20.0 Å². The lowest BCUT2D eigenvalue weighted by atomic mass is 9.78. The van der Waals surface area contributed by atoms with Crippen LogP contribution in [0.25, 0.3) is 0 Å². The van der Waals surface area contributed by atoms with Gasteiger partial charge in [-0.1, -0.05) is 20.3 Å². The van der Waals surface area contributed by atoms with E-state index >= 15 is 0 Å². The number of fused-ring (bicyclic) bond motifs is 2. The molecular formula is C17H29NO3. The Morgan fingerprint density at radius 2 is 1.86 bits per heavy atom. The van der Waals surface area contributed by atoms with Gasteiger partial charge in [-0.05, 0) is 49.9 Å². The molecule has 2 saturated carbocycles. The fraction of sp³-hybridized carbons (Fsp3) is 0.882. The third kappa shape index (κ3) is 3.24. The summed E-state index contributed by atoms with van der Waals surface area (Å²) >= 11 is 0. The maximum absolute atomic E-state index is 12.4. The molecule has 0 spiro atoms. The standard InChI is InChI=1S/C17H29NO3/c1-4-17(5-2,16(20)21)10-15(19)18(3)11-14-9-12-6-7-13(14)8-12/h12-14H,4-11H2,1-3H3,(H,20,21). The highest BCUT2D eigenvalue weighted by molar-refractivity contribution is 5.84. The van der Waals surface area contributed by atoms with Gasteiger partial charge < -0.3 is 10.0 Å². The number of nitrogens with zero attached hydrogens (tertiary/aromatic N) is 1. The number of amides is 1. The smallest absolute Gasteiger partial charge is 0.310 e. The number of carbonyl (C=O) groups excluding carboxylic acids is 1. The van der Waals surface area contributed by atoms with Crippen LogP contribution in [0.2, 0.25) is 0 Å². The highest BCUT2D eigenvalue weighted by Crippen LogP contribution is 2.48. The Labute approximate surface area is 127 Å². The zero-order valence-corrected chi connectivity index (χ0v) is 13.6. The third-order valence-electron chi connectivity index (χ3n) is 6.12. The van der Waals surface area contributed by atoms with Crippen molar-refractivity contribution in [1.82, 2.24) is 4.90 Å². The van der Waals surface area contributed by atoms with Gasteiger partial charge in [0.25, 0.3) is 0 Å². The van der Waals surface area contributed by atoms with Crippen LogP contribution in [-0.2, 0) is 9.59 Å². The number of hydrogen-bond acceptors (Lipinski definition) is 2. The molecule has 1 N–H and O–H groups in total. The van der Waals surface area contributed by atoms with Crippen LogP contribution in [0, 0.1) is 23.2 Å². The fourth-order valence-corrected chi connectivity index (χ4v) is 4.36. The molecule has 2 rings (SSSR count). The van der Waals surface area contributed by atoms with Gasteiger partial charge in [-0.15, -0.1) is 0 Å². The molecule has 1 amide bonds. The highest BCUT2D eigenvalue weighted by atomic mass is 16.4. The average Bonchev–Trinajstić information content (AvgIpc) is 3.06. The Hall–Kier alpha value is -1.06. The van der Waals surface area contributed by atoms with Gasteiger partial charge in [0.1, 0.15) is 0 Å². The Bertz CT molecular complexity index is 403. The number of carboxylic acids is 1. The zero-order chi connectivity index (χ0) is 15.6. The van der Waals surface area contributed by atoms with Gasteiger partial charge in [0.15, 0.2) is 0 Å². The van der Waals surface area contributed by atoms with Crippen LogP contribution in [0.5, 0.6) is 0 Å². The fourth-order valence-electron chi connectivity index (χ4n) is 4.36. The predicted molar refractivity (Wildman–Crippen MR) is 81.8 cm³/mol. The molecule has 0 heterocycles. The average molecular weight is 295 g/mol. The monoisotopic (exact) mass is 295 g/mol. The topological polar surface area (TPSA) is 57.6 Å². The van der Waals surface area contributed by atoms with Crippen molar-refractivity contribution >= 4 is 11.9 Å². The van der Waals surface area contributed by atoms with Crippen LogP contribution in [0.1, 0.15) is 58.8 Å². The molecule has 120 valence electrons. The lowest BCUT2D eigenvalue weighted by molar-refractivity contribution is -0.154. The van der Waals surface area contributed by atoms with Crippen molar-refractivity contribution < 1.29 is 14.7 Å². The van der Waals surface area contributed by atoms with E-state index in [0.29, 0.717) is 18.8 Å². The Morgan fingerprint density at radius 3 is 2.29 bits per heavy atom. The molecule has 2 bridgehead atoms. The molecule has 0 saturated heterocycles. The van der Waals surface area contributed by atoms with E-state index in [-0.39, 0.29) is 12.3 Å². The number of carbonyl (C=O) groups is 2. The van der Waals surface area contributed by atoms with Crippen molar-refractivity contribution in [2.75, 3.05) is 13.6 Å². The van der Waals surface area contributed by atoms with E-state index in [4.69, 9.17) is 0 Å². The van der Waals surface area contributed by atoms with Crippen LogP contribution >= 0.6 is 0 Å². The van der Waals surface area contributed by atoms with Gasteiger partial charge in [-0.2, -0.15) is 0 Å². The predicted octanol–water partition coefficient (Wildman–Crippen LogP) is 3.16. The summed E-state index contributed by atoms with van der Waals surface area (Å²) in [6.07, 6.45) is 6.43. The molecular weight excluding hydrogens is 266 g/mol. The summed E-state index contributed by atoms with van der Waals surface area (Å²) in [6.45, 7) is 4.53. The summed E-state index contributed by atoms with van der Waals surface area (Å²) < 4.78 is 0. The summed E-state index contributed by atoms with van der Waals surface area (Å²) in [5.41, 5.74) is -0.889. The van der Waals surface area contributed by atoms with E-state index in [1.165, 1.54) is 25.7 Å². The number of aliphatic carboxylic acids is 1. The van der Waals surface area contributed by atoms with E-state index in [1.807, 2.05) is 20.9 Å². The molecule has 21 heavy (non-hydrogen) atoms. The molecule has 4 nitrogen and oxygen atoms in total. The largest absolute Gasteiger partial charge is 0.481 e. The Kier molecular flexibility index (Phi) is 4.95. The van der Waals surface area contributed by atoms with Crippen molar-refractivity contribution in [2.24, 2.45) is 23.2 Å². The van der Waals surface area contributed by atoms with Crippen molar-refractivity contribution in [3.05, 3.63) is 0 Å². The second-order valence-corrected chi connectivity index (χ2v) is 7.18. The van der Waals surface area contributed by atoms with E-state index in [1.54, 1.807) is 4.90 Å². The quantitative estimate of drug-likeness (QED) is 0.785. The number of hydrogen-bond donors (Lipinski definition) is 1. The van der Waals surface area contributed by atoms with E-state index in [0.717, 1.165) is 18.4 Å². The van der Waals surface area contributed by atoms with Crippen LogP contribution in [0.15, 0.2) is 0 Å². The summed E-state index contributed by atoms with van der Waals surface area (Å²) in [7, 11) is 1.84. The minimum Gasteiger partial charge on any atom is -0.481 e. The summed E-state index contributed by atoms with van der Waals surface area (Å²) in [6, 6.07) is 0. The molecule has 0 aliphatic heterocycles. The van der Waals surface area contributed by atoms with Crippen LogP contribution in [0.4, 0.5) is 0 Å². The molecule has 0 aromatic carbocycles. The summed E-state index contributed by atoms with van der Waals surface area (Å²) in [5, 5.41) is 9.45. The van der Waals surface area contributed by atoms with Crippen molar-refractivity contribution in [1.29, 1.82) is 0 Å². The summed E-state index contributed by atoms with van der Waals surface area (Å²) in [4.78, 5) is 25.7. The van der Waals surface area contributed by atoms with E-state index in [2.05, 4.69) is 0 Å². The second-order valence-electron chi connectivity index (χ2n) is 7.18. The lowest BCUT2D eigenvalue weighted by Crippen LogP contribution is -2.40. The molecule has 2 fully saturated rings. The van der Waals surface area contributed by atoms with Crippen LogP contribution < -0.4 is 0 Å². The normalized spacial score (nSPS) is 27.9. The van der Waals surface area contributed by atoms with Crippen molar-refractivity contribution in [3.63, 3.8) is 0 Å². The molecule has 2 aliphatic rings. The minimum atomic E-state index is -0.889. The van der Waals surface area contributed by atoms with Gasteiger partial charge in [0.2, 0.25) is 5.91 Å².